The minimum Gasteiger partial charge on any atom is -0.505 e. The van der Waals surface area contributed by atoms with Gasteiger partial charge in [0.2, 0.25) is 0 Å². The lowest BCUT2D eigenvalue weighted by molar-refractivity contribution is 0.414. The Morgan fingerprint density at radius 1 is 0.943 bits per heavy atom. The lowest BCUT2D eigenvalue weighted by Crippen LogP contribution is -2.21. The van der Waals surface area contributed by atoms with Crippen molar-refractivity contribution >= 4 is 34.3 Å². The van der Waals surface area contributed by atoms with Gasteiger partial charge in [0.05, 0.1) is 18.5 Å². The van der Waals surface area contributed by atoms with Crippen molar-refractivity contribution in [1.29, 1.82) is 0 Å². The van der Waals surface area contributed by atoms with Crippen molar-refractivity contribution < 1.29 is 14.3 Å². The van der Waals surface area contributed by atoms with Gasteiger partial charge in [0.15, 0.2) is 5.75 Å². The van der Waals surface area contributed by atoms with Gasteiger partial charge < -0.3 is 14.3 Å². The molecule has 35 heavy (non-hydrogen) atoms. The van der Waals surface area contributed by atoms with E-state index in [9.17, 15) is 14.7 Å². The van der Waals surface area contributed by atoms with Crippen molar-refractivity contribution in [2.75, 3.05) is 7.11 Å². The van der Waals surface area contributed by atoms with E-state index >= 15 is 0 Å². The first-order valence-electron chi connectivity index (χ1n) is 10.6. The Balaban J connectivity index is 1.82. The molecule has 5 aromatic rings. The summed E-state index contributed by atoms with van der Waals surface area (Å²) in [6.07, 6.45) is 0. The molecule has 1 N–H and O–H groups in total. The second kappa shape index (κ2) is 9.37. The van der Waals surface area contributed by atoms with Gasteiger partial charge in [0.25, 0.3) is 5.56 Å². The van der Waals surface area contributed by atoms with Crippen molar-refractivity contribution in [3.05, 3.63) is 111 Å². The van der Waals surface area contributed by atoms with Crippen LogP contribution in [-0.2, 0) is 0 Å². The normalized spacial score (nSPS) is 11.0. The highest BCUT2D eigenvalue weighted by molar-refractivity contribution is 7.99. The molecule has 0 atom stereocenters. The van der Waals surface area contributed by atoms with E-state index in [0.717, 1.165) is 17.3 Å². The Morgan fingerprint density at radius 3 is 2.46 bits per heavy atom. The summed E-state index contributed by atoms with van der Waals surface area (Å²) in [5.74, 6) is 0.122. The first kappa shape index (κ1) is 22.8. The molecule has 5 rings (SSSR count). The van der Waals surface area contributed by atoms with Gasteiger partial charge in [0.1, 0.15) is 21.6 Å². The van der Waals surface area contributed by atoms with Crippen molar-refractivity contribution in [2.24, 2.45) is 0 Å². The number of nitrogens with zero attached hydrogens (tertiary/aromatic N) is 1. The maximum Gasteiger partial charge on any atom is 0.354 e. The molecule has 2 heterocycles. The molecule has 0 bridgehead atoms. The molecule has 8 heteroatoms. The second-order valence-corrected chi connectivity index (χ2v) is 9.12. The number of methoxy groups -OCH3 is 1. The van der Waals surface area contributed by atoms with Gasteiger partial charge >= 0.3 is 5.63 Å². The SMILES string of the molecule is COc1cccc(-n2c(-c3ccccc3)cc3oc(=O)c(Sc4cccc(Cl)c4)c(O)c3c2=O)c1. The maximum absolute atomic E-state index is 13.9. The van der Waals surface area contributed by atoms with E-state index in [4.69, 9.17) is 20.8 Å². The van der Waals surface area contributed by atoms with Crippen LogP contribution < -0.4 is 15.9 Å². The number of hydrogen-bond donors (Lipinski definition) is 1. The van der Waals surface area contributed by atoms with Crippen LogP contribution in [-0.4, -0.2) is 16.8 Å². The number of hydrogen-bond acceptors (Lipinski definition) is 6. The molecular formula is C27H18ClNO5S. The highest BCUT2D eigenvalue weighted by Crippen LogP contribution is 2.37. The molecule has 3 aromatic carbocycles. The van der Waals surface area contributed by atoms with Crippen LogP contribution in [0.5, 0.6) is 11.5 Å². The van der Waals surface area contributed by atoms with E-state index in [0.29, 0.717) is 27.0 Å². The van der Waals surface area contributed by atoms with Crippen LogP contribution in [0.3, 0.4) is 0 Å². The summed E-state index contributed by atoms with van der Waals surface area (Å²) in [7, 11) is 1.54. The van der Waals surface area contributed by atoms with Gasteiger partial charge in [-0.3, -0.25) is 9.36 Å². The number of fused-ring (bicyclic) bond motifs is 1. The Kier molecular flexibility index (Phi) is 6.11. The summed E-state index contributed by atoms with van der Waals surface area (Å²) in [5.41, 5.74) is 0.458. The molecule has 0 amide bonds. The third-order valence-electron chi connectivity index (χ3n) is 5.41. The first-order chi connectivity index (χ1) is 17.0. The third-order valence-corrected chi connectivity index (χ3v) is 6.70. The highest BCUT2D eigenvalue weighted by Gasteiger charge is 2.22. The number of pyridine rings is 1. The van der Waals surface area contributed by atoms with Crippen LogP contribution in [0, 0.1) is 0 Å². The molecule has 0 fully saturated rings. The molecule has 0 saturated heterocycles. The third kappa shape index (κ3) is 4.32. The van der Waals surface area contributed by atoms with E-state index in [2.05, 4.69) is 0 Å². The van der Waals surface area contributed by atoms with Gasteiger partial charge in [-0.1, -0.05) is 65.8 Å². The van der Waals surface area contributed by atoms with Crippen LogP contribution in [0.4, 0.5) is 0 Å². The number of aromatic hydroxyl groups is 1. The standard InChI is InChI=1S/C27H18ClNO5S/c1-33-19-11-6-10-18(14-19)29-21(16-7-3-2-4-8-16)15-22-23(26(29)31)24(30)25(27(32)34-22)35-20-12-5-9-17(28)13-20/h2-15,30H,1H3. The minimum atomic E-state index is -0.752. The smallest absolute Gasteiger partial charge is 0.354 e. The largest absolute Gasteiger partial charge is 0.505 e. The summed E-state index contributed by atoms with van der Waals surface area (Å²) in [4.78, 5) is 27.2. The van der Waals surface area contributed by atoms with Gasteiger partial charge in [-0.05, 0) is 35.9 Å². The van der Waals surface area contributed by atoms with Gasteiger partial charge in [-0.25, -0.2) is 4.79 Å². The summed E-state index contributed by atoms with van der Waals surface area (Å²) < 4.78 is 12.4. The van der Waals surface area contributed by atoms with E-state index in [1.807, 2.05) is 30.3 Å². The summed E-state index contributed by atoms with van der Waals surface area (Å²) in [6, 6.07) is 24.7. The zero-order chi connectivity index (χ0) is 24.5. The van der Waals surface area contributed by atoms with E-state index in [1.165, 1.54) is 4.57 Å². The molecule has 0 aliphatic carbocycles. The second-order valence-electron chi connectivity index (χ2n) is 7.60. The molecular weight excluding hydrogens is 486 g/mol. The zero-order valence-corrected chi connectivity index (χ0v) is 20.0. The molecule has 6 nitrogen and oxygen atoms in total. The summed E-state index contributed by atoms with van der Waals surface area (Å²) in [5, 5.41) is 11.5. The monoisotopic (exact) mass is 503 g/mol. The molecule has 0 unspecified atom stereocenters. The van der Waals surface area contributed by atoms with E-state index in [-0.39, 0.29) is 15.9 Å². The van der Waals surface area contributed by atoms with Crippen LogP contribution in [0.15, 0.2) is 109 Å². The highest BCUT2D eigenvalue weighted by atomic mass is 35.5. The topological polar surface area (TPSA) is 81.7 Å². The number of benzene rings is 3. The fourth-order valence-corrected chi connectivity index (χ4v) is 4.95. The average molecular weight is 504 g/mol. The fraction of sp³-hybridized carbons (Fsp3) is 0.0370. The van der Waals surface area contributed by atoms with Gasteiger partial charge in [-0.15, -0.1) is 0 Å². The predicted molar refractivity (Wildman–Crippen MR) is 137 cm³/mol. The first-order valence-corrected chi connectivity index (χ1v) is 11.7. The van der Waals surface area contributed by atoms with Gasteiger partial charge in [-0.2, -0.15) is 0 Å². The number of halogens is 1. The fourth-order valence-electron chi connectivity index (χ4n) is 3.81. The molecule has 0 saturated carbocycles. The van der Waals surface area contributed by atoms with Crippen LogP contribution >= 0.6 is 23.4 Å². The van der Waals surface area contributed by atoms with Crippen molar-refractivity contribution in [1.82, 2.24) is 4.57 Å². The molecule has 0 spiro atoms. The minimum absolute atomic E-state index is 0.00839. The van der Waals surface area contributed by atoms with Crippen molar-refractivity contribution in [2.45, 2.75) is 9.79 Å². The summed E-state index contributed by atoms with van der Waals surface area (Å²) in [6.45, 7) is 0. The maximum atomic E-state index is 13.9. The van der Waals surface area contributed by atoms with Crippen molar-refractivity contribution in [3.8, 4) is 28.4 Å². The van der Waals surface area contributed by atoms with Crippen LogP contribution in [0.2, 0.25) is 5.02 Å². The van der Waals surface area contributed by atoms with Crippen molar-refractivity contribution in [3.63, 3.8) is 0 Å². The van der Waals surface area contributed by atoms with Crippen LogP contribution in [0.25, 0.3) is 27.9 Å². The molecule has 174 valence electrons. The Hall–Kier alpha value is -3.94. The molecule has 2 aromatic heterocycles. The number of aromatic nitrogens is 1. The Morgan fingerprint density at radius 2 is 1.71 bits per heavy atom. The van der Waals surface area contributed by atoms with Crippen LogP contribution in [0.1, 0.15) is 0 Å². The van der Waals surface area contributed by atoms with Gasteiger partial charge in [0, 0.05) is 22.1 Å². The quantitative estimate of drug-likeness (QED) is 0.311. The molecule has 0 aliphatic heterocycles. The summed E-state index contributed by atoms with van der Waals surface area (Å²) >= 11 is 7.04. The Bertz CT molecular complexity index is 1680. The molecule has 0 aliphatic rings. The predicted octanol–water partition coefficient (Wildman–Crippen LogP) is 6.13. The number of ether oxygens (including phenoxy) is 1. The lowest BCUT2D eigenvalue weighted by Gasteiger charge is -2.16. The Labute approximate surface area is 209 Å². The zero-order valence-electron chi connectivity index (χ0n) is 18.4. The number of rotatable bonds is 5. The van der Waals surface area contributed by atoms with E-state index < -0.39 is 16.9 Å². The average Bonchev–Trinajstić information content (AvgIpc) is 2.86. The van der Waals surface area contributed by atoms with E-state index in [1.54, 1.807) is 61.7 Å². The molecule has 0 radical (unpaired) electrons. The lowest BCUT2D eigenvalue weighted by atomic mass is 10.1.